The molecule has 0 saturated heterocycles. The number of aromatic nitrogens is 1. The molecule has 0 fully saturated rings. The Morgan fingerprint density at radius 1 is 1.12 bits per heavy atom. The van der Waals surface area contributed by atoms with Gasteiger partial charge in [0.15, 0.2) is 0 Å². The summed E-state index contributed by atoms with van der Waals surface area (Å²) in [4.78, 5) is 4.36. The van der Waals surface area contributed by atoms with Gasteiger partial charge in [-0.25, -0.2) is 4.39 Å². The van der Waals surface area contributed by atoms with Crippen LogP contribution in [0, 0.1) is 17.1 Å². The van der Waals surface area contributed by atoms with Crippen LogP contribution in [0.1, 0.15) is 18.1 Å². The average molecular weight is 499 g/mol. The van der Waals surface area contributed by atoms with E-state index in [0.29, 0.717) is 62.2 Å². The predicted molar refractivity (Wildman–Crippen MR) is 135 cm³/mol. The molecule has 174 valence electrons. The molecule has 0 unspecified atom stereocenters. The van der Waals surface area contributed by atoms with E-state index in [2.05, 4.69) is 16.4 Å². The van der Waals surface area contributed by atoms with E-state index < -0.39 is 0 Å². The SMILES string of the molecule is CCOc1cc2ncc(C#N)c(Nc3ccc(OCc4cccc(F)c4)c(Cl)c3)c2cc1N.Cl. The minimum absolute atomic E-state index is 0. The number of halogens is 3. The van der Waals surface area contributed by atoms with E-state index in [4.69, 9.17) is 26.8 Å². The van der Waals surface area contributed by atoms with E-state index in [1.54, 1.807) is 42.5 Å². The summed E-state index contributed by atoms with van der Waals surface area (Å²) in [5.74, 6) is 0.668. The molecule has 0 aliphatic heterocycles. The van der Waals surface area contributed by atoms with Gasteiger partial charge < -0.3 is 20.5 Å². The molecule has 0 bridgehead atoms. The van der Waals surface area contributed by atoms with Gasteiger partial charge in [0, 0.05) is 23.3 Å². The van der Waals surface area contributed by atoms with E-state index >= 15 is 0 Å². The third-order valence-corrected chi connectivity index (χ3v) is 5.20. The molecule has 34 heavy (non-hydrogen) atoms. The summed E-state index contributed by atoms with van der Waals surface area (Å²) in [6.07, 6.45) is 1.49. The van der Waals surface area contributed by atoms with Crippen molar-refractivity contribution in [1.82, 2.24) is 4.98 Å². The number of benzene rings is 3. The molecular weight excluding hydrogens is 478 g/mol. The fraction of sp³-hybridized carbons (Fsp3) is 0.120. The predicted octanol–water partition coefficient (Wildman–Crippen LogP) is 6.62. The van der Waals surface area contributed by atoms with Crippen LogP contribution >= 0.6 is 24.0 Å². The first kappa shape index (κ1) is 24.9. The van der Waals surface area contributed by atoms with Gasteiger partial charge in [-0.05, 0) is 48.9 Å². The largest absolute Gasteiger partial charge is 0.492 e. The van der Waals surface area contributed by atoms with Gasteiger partial charge >= 0.3 is 0 Å². The normalized spacial score (nSPS) is 10.3. The molecule has 4 aromatic rings. The maximum absolute atomic E-state index is 13.4. The summed E-state index contributed by atoms with van der Waals surface area (Å²) in [5, 5.41) is 13.9. The highest BCUT2D eigenvalue weighted by Gasteiger charge is 2.14. The molecule has 0 atom stereocenters. The van der Waals surface area contributed by atoms with Crippen molar-refractivity contribution in [3.8, 4) is 17.6 Å². The van der Waals surface area contributed by atoms with Crippen LogP contribution < -0.4 is 20.5 Å². The van der Waals surface area contributed by atoms with Crippen molar-refractivity contribution in [2.45, 2.75) is 13.5 Å². The van der Waals surface area contributed by atoms with Gasteiger partial charge in [0.2, 0.25) is 0 Å². The third kappa shape index (κ3) is 5.42. The first-order valence-corrected chi connectivity index (χ1v) is 10.5. The quantitative estimate of drug-likeness (QED) is 0.278. The van der Waals surface area contributed by atoms with E-state index in [0.717, 1.165) is 0 Å². The van der Waals surface area contributed by atoms with Crippen LogP contribution in [-0.4, -0.2) is 11.6 Å². The van der Waals surface area contributed by atoms with Crippen LogP contribution in [0.3, 0.4) is 0 Å². The lowest BCUT2D eigenvalue weighted by Gasteiger charge is -2.15. The van der Waals surface area contributed by atoms with Crippen molar-refractivity contribution in [2.75, 3.05) is 17.7 Å². The molecular formula is C25H21Cl2FN4O2. The van der Waals surface area contributed by atoms with Gasteiger partial charge in [-0.1, -0.05) is 23.7 Å². The molecule has 1 heterocycles. The van der Waals surface area contributed by atoms with Crippen molar-refractivity contribution in [2.24, 2.45) is 0 Å². The smallest absolute Gasteiger partial charge is 0.144 e. The number of hydrogen-bond acceptors (Lipinski definition) is 6. The number of anilines is 3. The highest BCUT2D eigenvalue weighted by atomic mass is 35.5. The van der Waals surface area contributed by atoms with Crippen LogP contribution in [0.25, 0.3) is 10.9 Å². The molecule has 6 nitrogen and oxygen atoms in total. The maximum Gasteiger partial charge on any atom is 0.144 e. The summed E-state index contributed by atoms with van der Waals surface area (Å²) in [6.45, 7) is 2.53. The molecule has 0 saturated carbocycles. The number of rotatable bonds is 7. The van der Waals surface area contributed by atoms with Gasteiger partial charge in [-0.2, -0.15) is 5.26 Å². The first-order valence-electron chi connectivity index (χ1n) is 10.2. The van der Waals surface area contributed by atoms with Crippen molar-refractivity contribution in [3.63, 3.8) is 0 Å². The lowest BCUT2D eigenvalue weighted by molar-refractivity contribution is 0.306. The molecule has 0 aliphatic rings. The Morgan fingerprint density at radius 2 is 1.94 bits per heavy atom. The van der Waals surface area contributed by atoms with Crippen molar-refractivity contribution >= 4 is 52.0 Å². The Labute approximate surface area is 207 Å². The Morgan fingerprint density at radius 3 is 2.65 bits per heavy atom. The monoisotopic (exact) mass is 498 g/mol. The minimum Gasteiger partial charge on any atom is -0.492 e. The van der Waals surface area contributed by atoms with Gasteiger partial charge in [-0.15, -0.1) is 12.4 Å². The zero-order chi connectivity index (χ0) is 23.4. The molecule has 0 aliphatic carbocycles. The molecule has 1 aromatic heterocycles. The molecule has 3 N–H and O–H groups in total. The number of fused-ring (bicyclic) bond motifs is 1. The lowest BCUT2D eigenvalue weighted by atomic mass is 10.1. The second-order valence-corrected chi connectivity index (χ2v) is 7.59. The topological polar surface area (TPSA) is 93.2 Å². The number of nitrogen functional groups attached to an aromatic ring is 1. The van der Waals surface area contributed by atoms with Crippen LogP contribution in [0.4, 0.5) is 21.5 Å². The minimum atomic E-state index is -0.325. The van der Waals surface area contributed by atoms with E-state index in [1.807, 2.05) is 6.92 Å². The van der Waals surface area contributed by atoms with Gasteiger partial charge in [0.05, 0.1) is 34.1 Å². The summed E-state index contributed by atoms with van der Waals surface area (Å²) >= 11 is 6.41. The summed E-state index contributed by atoms with van der Waals surface area (Å²) in [5.41, 5.74) is 9.47. The van der Waals surface area contributed by atoms with E-state index in [-0.39, 0.29) is 24.8 Å². The Hall–Kier alpha value is -3.73. The standard InChI is InChI=1S/C25H20ClFN4O2.ClH/c1-2-32-24-11-22-19(10-21(24)29)25(16(12-28)13-30-22)31-18-6-7-23(20(26)9-18)33-14-15-4-3-5-17(27)8-15;/h3-11,13H,2,14,29H2,1H3,(H,30,31);1H. The Balaban J connectivity index is 0.00000324. The van der Waals surface area contributed by atoms with Crippen molar-refractivity contribution in [1.29, 1.82) is 5.26 Å². The second kappa shape index (κ2) is 10.9. The average Bonchev–Trinajstić information content (AvgIpc) is 2.80. The fourth-order valence-electron chi connectivity index (χ4n) is 3.36. The summed E-state index contributed by atoms with van der Waals surface area (Å²) in [7, 11) is 0. The van der Waals surface area contributed by atoms with E-state index in [9.17, 15) is 9.65 Å². The Kier molecular flexibility index (Phi) is 8.00. The fourth-order valence-corrected chi connectivity index (χ4v) is 3.60. The van der Waals surface area contributed by atoms with Gasteiger partial charge in [0.25, 0.3) is 0 Å². The van der Waals surface area contributed by atoms with Crippen molar-refractivity contribution < 1.29 is 13.9 Å². The molecule has 3 aromatic carbocycles. The zero-order valence-electron chi connectivity index (χ0n) is 18.1. The van der Waals surface area contributed by atoms with Crippen LogP contribution in [0.2, 0.25) is 5.02 Å². The van der Waals surface area contributed by atoms with Gasteiger partial charge in [-0.3, -0.25) is 4.98 Å². The second-order valence-electron chi connectivity index (χ2n) is 7.19. The van der Waals surface area contributed by atoms with Crippen LogP contribution in [-0.2, 0) is 6.61 Å². The number of pyridine rings is 1. The molecule has 0 amide bonds. The number of nitriles is 1. The molecule has 0 spiro atoms. The van der Waals surface area contributed by atoms with Crippen LogP contribution in [0.5, 0.6) is 11.5 Å². The highest BCUT2D eigenvalue weighted by Crippen LogP contribution is 2.36. The molecule has 9 heteroatoms. The maximum atomic E-state index is 13.4. The highest BCUT2D eigenvalue weighted by molar-refractivity contribution is 6.32. The molecule has 0 radical (unpaired) electrons. The summed E-state index contributed by atoms with van der Waals surface area (Å²) in [6, 6.07) is 17.0. The lowest BCUT2D eigenvalue weighted by Crippen LogP contribution is -2.01. The van der Waals surface area contributed by atoms with Crippen LogP contribution in [0.15, 0.2) is 60.8 Å². The number of nitrogens with zero attached hydrogens (tertiary/aromatic N) is 2. The number of nitrogens with two attached hydrogens (primary N) is 1. The van der Waals surface area contributed by atoms with Crippen molar-refractivity contribution in [3.05, 3.63) is 82.8 Å². The first-order chi connectivity index (χ1) is 16.0. The van der Waals surface area contributed by atoms with E-state index in [1.165, 1.54) is 18.3 Å². The number of hydrogen-bond donors (Lipinski definition) is 2. The zero-order valence-corrected chi connectivity index (χ0v) is 19.7. The van der Waals surface area contributed by atoms with Gasteiger partial charge in [0.1, 0.15) is 30.0 Å². The number of ether oxygens (including phenoxy) is 2. The molecule has 4 rings (SSSR count). The third-order valence-electron chi connectivity index (χ3n) is 4.90. The number of nitrogens with one attached hydrogen (secondary N) is 1. The summed E-state index contributed by atoms with van der Waals surface area (Å²) < 4.78 is 24.6. The Bertz CT molecular complexity index is 1380.